The molecule has 1 amide bonds. The third-order valence-electron chi connectivity index (χ3n) is 2.35. The van der Waals surface area contributed by atoms with Gasteiger partial charge in [0.15, 0.2) is 0 Å². The van der Waals surface area contributed by atoms with E-state index in [0.717, 1.165) is 5.75 Å². The first kappa shape index (κ1) is 20.5. The molecule has 4 heteroatoms. The van der Waals surface area contributed by atoms with Gasteiger partial charge >= 0.3 is 6.09 Å². The molecule has 0 atom stereocenters. The van der Waals surface area contributed by atoms with Gasteiger partial charge in [-0.15, -0.1) is 0 Å². The third kappa shape index (κ3) is 9.96. The summed E-state index contributed by atoms with van der Waals surface area (Å²) in [6, 6.07) is 18.5. The summed E-state index contributed by atoms with van der Waals surface area (Å²) >= 11 is 0. The zero-order valence-corrected chi connectivity index (χ0v) is 14.4. The Balaban J connectivity index is 0.00000112. The van der Waals surface area contributed by atoms with E-state index in [9.17, 15) is 4.79 Å². The highest BCUT2D eigenvalue weighted by molar-refractivity contribution is 5.84. The molecule has 23 heavy (non-hydrogen) atoms. The predicted octanol–water partition coefficient (Wildman–Crippen LogP) is 5.37. The number of para-hydroxylation sites is 2. The van der Waals surface area contributed by atoms with Gasteiger partial charge in [-0.25, -0.2) is 4.79 Å². The summed E-state index contributed by atoms with van der Waals surface area (Å²) < 4.78 is 10.4. The highest BCUT2D eigenvalue weighted by Crippen LogP contribution is 2.08. The first-order chi connectivity index (χ1) is 11.3. The van der Waals surface area contributed by atoms with E-state index in [1.54, 1.807) is 12.1 Å². The SMILES string of the molecule is CC.CC.O=C(Nc1ccccc1)OCCOc1ccccc1. The molecule has 0 radical (unpaired) electrons. The molecule has 0 spiro atoms. The molecule has 0 aliphatic rings. The van der Waals surface area contributed by atoms with Crippen molar-refractivity contribution < 1.29 is 14.3 Å². The molecule has 4 nitrogen and oxygen atoms in total. The number of hydrogen-bond donors (Lipinski definition) is 1. The van der Waals surface area contributed by atoms with Crippen molar-refractivity contribution in [2.45, 2.75) is 27.7 Å². The van der Waals surface area contributed by atoms with Crippen molar-refractivity contribution in [1.82, 2.24) is 0 Å². The molecule has 0 saturated carbocycles. The summed E-state index contributed by atoms with van der Waals surface area (Å²) in [7, 11) is 0. The molecule has 126 valence electrons. The lowest BCUT2D eigenvalue weighted by Gasteiger charge is -2.08. The van der Waals surface area contributed by atoms with Gasteiger partial charge in [0.2, 0.25) is 0 Å². The minimum Gasteiger partial charge on any atom is -0.490 e. The van der Waals surface area contributed by atoms with Crippen LogP contribution in [0.2, 0.25) is 0 Å². The van der Waals surface area contributed by atoms with Gasteiger partial charge in [-0.1, -0.05) is 64.1 Å². The normalized spacial score (nSPS) is 8.52. The Labute approximate surface area is 139 Å². The Hall–Kier alpha value is -2.49. The highest BCUT2D eigenvalue weighted by Gasteiger charge is 2.02. The van der Waals surface area contributed by atoms with E-state index < -0.39 is 6.09 Å². The van der Waals surface area contributed by atoms with E-state index >= 15 is 0 Å². The predicted molar refractivity (Wildman–Crippen MR) is 96.0 cm³/mol. The fraction of sp³-hybridized carbons (Fsp3) is 0.316. The van der Waals surface area contributed by atoms with Gasteiger partial charge in [-0.3, -0.25) is 5.32 Å². The Bertz CT molecular complexity index is 501. The van der Waals surface area contributed by atoms with Crippen LogP contribution in [0.1, 0.15) is 27.7 Å². The standard InChI is InChI=1S/C15H15NO3.2C2H6/c17-15(16-13-7-3-1-4-8-13)19-12-11-18-14-9-5-2-6-10-14;2*1-2/h1-10H,11-12H2,(H,16,17);2*1-2H3. The van der Waals surface area contributed by atoms with Crippen LogP contribution in [-0.4, -0.2) is 19.3 Å². The van der Waals surface area contributed by atoms with Crippen LogP contribution in [0.3, 0.4) is 0 Å². The minimum atomic E-state index is -0.483. The zero-order valence-electron chi connectivity index (χ0n) is 14.4. The molecule has 0 aliphatic heterocycles. The Morgan fingerprint density at radius 2 is 1.35 bits per heavy atom. The van der Waals surface area contributed by atoms with Crippen LogP contribution in [0.5, 0.6) is 5.75 Å². The number of amides is 1. The van der Waals surface area contributed by atoms with E-state index in [1.165, 1.54) is 0 Å². The number of nitrogens with one attached hydrogen (secondary N) is 1. The van der Waals surface area contributed by atoms with Crippen LogP contribution in [-0.2, 0) is 4.74 Å². The van der Waals surface area contributed by atoms with Crippen molar-refractivity contribution >= 4 is 11.8 Å². The lowest BCUT2D eigenvalue weighted by Crippen LogP contribution is -2.17. The molecule has 0 heterocycles. The zero-order chi connectivity index (χ0) is 17.3. The van der Waals surface area contributed by atoms with Crippen LogP contribution in [0.4, 0.5) is 10.5 Å². The number of benzene rings is 2. The third-order valence-corrected chi connectivity index (χ3v) is 2.35. The van der Waals surface area contributed by atoms with Gasteiger partial charge in [0.05, 0.1) is 0 Å². The molecule has 2 aromatic rings. The maximum atomic E-state index is 11.4. The fourth-order valence-corrected chi connectivity index (χ4v) is 1.49. The number of hydrogen-bond acceptors (Lipinski definition) is 3. The Kier molecular flexibility index (Phi) is 12.9. The first-order valence-corrected chi connectivity index (χ1v) is 8.01. The van der Waals surface area contributed by atoms with Crippen molar-refractivity contribution in [3.05, 3.63) is 60.7 Å². The lowest BCUT2D eigenvalue weighted by atomic mass is 10.3. The summed E-state index contributed by atoms with van der Waals surface area (Å²) in [6.07, 6.45) is -0.483. The molecule has 0 aliphatic carbocycles. The van der Waals surface area contributed by atoms with Crippen molar-refractivity contribution in [3.8, 4) is 5.75 Å². The summed E-state index contributed by atoms with van der Waals surface area (Å²) in [5.41, 5.74) is 0.705. The molecular weight excluding hydrogens is 290 g/mol. The van der Waals surface area contributed by atoms with Crippen molar-refractivity contribution in [2.24, 2.45) is 0 Å². The van der Waals surface area contributed by atoms with E-state index in [4.69, 9.17) is 9.47 Å². The summed E-state index contributed by atoms with van der Waals surface area (Å²) in [4.78, 5) is 11.4. The second kappa shape index (κ2) is 14.4. The molecule has 2 aromatic carbocycles. The smallest absolute Gasteiger partial charge is 0.411 e. The maximum Gasteiger partial charge on any atom is 0.411 e. The summed E-state index contributed by atoms with van der Waals surface area (Å²) in [5, 5.41) is 2.62. The van der Waals surface area contributed by atoms with Crippen molar-refractivity contribution in [2.75, 3.05) is 18.5 Å². The van der Waals surface area contributed by atoms with E-state index in [0.29, 0.717) is 12.3 Å². The molecule has 0 bridgehead atoms. The van der Waals surface area contributed by atoms with Crippen LogP contribution < -0.4 is 10.1 Å². The first-order valence-electron chi connectivity index (χ1n) is 8.01. The molecular formula is C19H27NO3. The van der Waals surface area contributed by atoms with Crippen molar-refractivity contribution in [1.29, 1.82) is 0 Å². The topological polar surface area (TPSA) is 47.6 Å². The molecule has 2 rings (SSSR count). The molecule has 0 fully saturated rings. The minimum absolute atomic E-state index is 0.202. The summed E-state index contributed by atoms with van der Waals surface area (Å²) in [6.45, 7) is 8.53. The van der Waals surface area contributed by atoms with E-state index in [1.807, 2.05) is 76.2 Å². The summed E-state index contributed by atoms with van der Waals surface area (Å²) in [5.74, 6) is 0.759. The molecule has 0 aromatic heterocycles. The van der Waals surface area contributed by atoms with Gasteiger partial charge in [0.25, 0.3) is 0 Å². The van der Waals surface area contributed by atoms with Crippen LogP contribution in [0, 0.1) is 0 Å². The van der Waals surface area contributed by atoms with Crippen LogP contribution >= 0.6 is 0 Å². The average molecular weight is 317 g/mol. The number of carbonyl (C=O) groups is 1. The van der Waals surface area contributed by atoms with Gasteiger partial charge in [-0.2, -0.15) is 0 Å². The lowest BCUT2D eigenvalue weighted by molar-refractivity contribution is 0.138. The van der Waals surface area contributed by atoms with E-state index in [-0.39, 0.29) is 6.61 Å². The van der Waals surface area contributed by atoms with Crippen LogP contribution in [0.25, 0.3) is 0 Å². The second-order valence-corrected chi connectivity index (χ2v) is 3.79. The second-order valence-electron chi connectivity index (χ2n) is 3.79. The average Bonchev–Trinajstić information content (AvgIpc) is 2.64. The monoisotopic (exact) mass is 317 g/mol. The number of anilines is 1. The Morgan fingerprint density at radius 3 is 1.91 bits per heavy atom. The van der Waals surface area contributed by atoms with Gasteiger partial charge in [0, 0.05) is 5.69 Å². The van der Waals surface area contributed by atoms with Crippen molar-refractivity contribution in [3.63, 3.8) is 0 Å². The quantitative estimate of drug-likeness (QED) is 0.754. The largest absolute Gasteiger partial charge is 0.490 e. The van der Waals surface area contributed by atoms with Gasteiger partial charge < -0.3 is 9.47 Å². The number of rotatable bonds is 5. The maximum absolute atomic E-state index is 11.4. The van der Waals surface area contributed by atoms with Crippen LogP contribution in [0.15, 0.2) is 60.7 Å². The molecule has 0 unspecified atom stereocenters. The molecule has 0 saturated heterocycles. The Morgan fingerprint density at radius 1 is 0.826 bits per heavy atom. The fourth-order valence-electron chi connectivity index (χ4n) is 1.49. The highest BCUT2D eigenvalue weighted by atomic mass is 16.6. The van der Waals surface area contributed by atoms with E-state index in [2.05, 4.69) is 5.32 Å². The van der Waals surface area contributed by atoms with Gasteiger partial charge in [0.1, 0.15) is 19.0 Å². The van der Waals surface area contributed by atoms with Gasteiger partial charge in [-0.05, 0) is 24.3 Å². The molecule has 1 N–H and O–H groups in total. The number of ether oxygens (including phenoxy) is 2. The number of carbonyl (C=O) groups excluding carboxylic acids is 1.